The molecule has 0 bridgehead atoms. The van der Waals surface area contributed by atoms with Crippen molar-refractivity contribution in [3.8, 4) is 11.5 Å². The van der Waals surface area contributed by atoms with E-state index >= 15 is 0 Å². The number of fused-ring (bicyclic) bond motifs is 1. The number of allylic oxidation sites excluding steroid dienone is 1. The highest BCUT2D eigenvalue weighted by Crippen LogP contribution is 2.33. The van der Waals surface area contributed by atoms with Gasteiger partial charge in [-0.05, 0) is 24.1 Å². The third-order valence-electron chi connectivity index (χ3n) is 3.66. The van der Waals surface area contributed by atoms with Crippen molar-refractivity contribution < 1.29 is 9.47 Å². The summed E-state index contributed by atoms with van der Waals surface area (Å²) in [5.74, 6) is 2.14. The quantitative estimate of drug-likeness (QED) is 0.650. The number of benzene rings is 1. The Hall–Kier alpha value is -3.09. The molecule has 7 heteroatoms. The van der Waals surface area contributed by atoms with Gasteiger partial charge in [-0.25, -0.2) is 15.0 Å². The standard InChI is InChI=1S/C17H19N5O2/c1-4-5-12-6-11(7-13(23-2)15(12)24-3)8-18-16-14-17(20-9-19-14)22-10-21-16/h4,6-7,9-10H,1,5,8H2,2-3H3,(H2,18,19,20,21,22). The molecule has 124 valence electrons. The van der Waals surface area contributed by atoms with Crippen LogP contribution < -0.4 is 14.8 Å². The van der Waals surface area contributed by atoms with Crippen LogP contribution in [0.3, 0.4) is 0 Å². The Morgan fingerprint density at radius 3 is 2.83 bits per heavy atom. The Kier molecular flexibility index (Phi) is 4.60. The van der Waals surface area contributed by atoms with E-state index in [9.17, 15) is 0 Å². The molecule has 0 aliphatic heterocycles. The van der Waals surface area contributed by atoms with E-state index in [1.54, 1.807) is 20.5 Å². The number of hydrogen-bond acceptors (Lipinski definition) is 6. The predicted molar refractivity (Wildman–Crippen MR) is 92.5 cm³/mol. The van der Waals surface area contributed by atoms with Gasteiger partial charge in [-0.15, -0.1) is 6.58 Å². The maximum Gasteiger partial charge on any atom is 0.182 e. The normalized spacial score (nSPS) is 10.6. The van der Waals surface area contributed by atoms with Crippen LogP contribution in [0.5, 0.6) is 11.5 Å². The van der Waals surface area contributed by atoms with E-state index in [-0.39, 0.29) is 0 Å². The van der Waals surface area contributed by atoms with Gasteiger partial charge in [0.1, 0.15) is 11.8 Å². The molecule has 0 aliphatic rings. The largest absolute Gasteiger partial charge is 0.493 e. The minimum Gasteiger partial charge on any atom is -0.493 e. The maximum atomic E-state index is 5.46. The fourth-order valence-corrected chi connectivity index (χ4v) is 2.60. The van der Waals surface area contributed by atoms with E-state index < -0.39 is 0 Å². The molecule has 0 radical (unpaired) electrons. The highest BCUT2D eigenvalue weighted by atomic mass is 16.5. The molecule has 0 unspecified atom stereocenters. The number of anilines is 1. The Labute approximate surface area is 139 Å². The molecule has 0 spiro atoms. The summed E-state index contributed by atoms with van der Waals surface area (Å²) >= 11 is 0. The highest BCUT2D eigenvalue weighted by molar-refractivity contribution is 5.81. The highest BCUT2D eigenvalue weighted by Gasteiger charge is 2.12. The topological polar surface area (TPSA) is 85.0 Å². The second kappa shape index (κ2) is 6.99. The Bertz CT molecular complexity index is 859. The van der Waals surface area contributed by atoms with Crippen molar-refractivity contribution in [2.24, 2.45) is 0 Å². The van der Waals surface area contributed by atoms with Gasteiger partial charge in [0.05, 0.1) is 20.5 Å². The molecule has 2 aromatic heterocycles. The monoisotopic (exact) mass is 325 g/mol. The van der Waals surface area contributed by atoms with Crippen LogP contribution in [0.2, 0.25) is 0 Å². The first-order valence-electron chi connectivity index (χ1n) is 7.49. The van der Waals surface area contributed by atoms with E-state index in [4.69, 9.17) is 9.47 Å². The number of nitrogens with zero attached hydrogens (tertiary/aromatic N) is 3. The van der Waals surface area contributed by atoms with Crippen molar-refractivity contribution in [3.05, 3.63) is 48.6 Å². The lowest BCUT2D eigenvalue weighted by molar-refractivity contribution is 0.352. The third-order valence-corrected chi connectivity index (χ3v) is 3.66. The zero-order valence-electron chi connectivity index (χ0n) is 13.7. The fraction of sp³-hybridized carbons (Fsp3) is 0.235. The SMILES string of the molecule is C=CCc1cc(CNc2ncnc3nc[nH]c23)cc(OC)c1OC. The summed E-state index contributed by atoms with van der Waals surface area (Å²) in [6.07, 6.45) is 5.63. The molecule has 0 saturated heterocycles. The maximum absolute atomic E-state index is 5.46. The molecule has 0 saturated carbocycles. The van der Waals surface area contributed by atoms with Gasteiger partial charge in [0, 0.05) is 12.1 Å². The molecule has 1 aromatic carbocycles. The molecule has 0 amide bonds. The summed E-state index contributed by atoms with van der Waals surface area (Å²) in [4.78, 5) is 15.5. The van der Waals surface area contributed by atoms with E-state index in [0.717, 1.165) is 22.4 Å². The zero-order valence-corrected chi connectivity index (χ0v) is 13.7. The van der Waals surface area contributed by atoms with Crippen molar-refractivity contribution >= 4 is 17.0 Å². The molecular formula is C17H19N5O2. The number of aromatic amines is 1. The summed E-state index contributed by atoms with van der Waals surface area (Å²) in [6, 6.07) is 4.02. The van der Waals surface area contributed by atoms with Crippen molar-refractivity contribution in [3.63, 3.8) is 0 Å². The van der Waals surface area contributed by atoms with Crippen molar-refractivity contribution in [1.29, 1.82) is 0 Å². The summed E-state index contributed by atoms with van der Waals surface area (Å²) in [7, 11) is 3.27. The van der Waals surface area contributed by atoms with E-state index in [1.807, 2.05) is 12.1 Å². The average molecular weight is 325 g/mol. The Balaban J connectivity index is 1.88. The van der Waals surface area contributed by atoms with Crippen molar-refractivity contribution in [1.82, 2.24) is 19.9 Å². The molecular weight excluding hydrogens is 306 g/mol. The molecule has 2 N–H and O–H groups in total. The number of rotatable bonds is 7. The molecule has 0 aliphatic carbocycles. The Morgan fingerprint density at radius 1 is 1.21 bits per heavy atom. The van der Waals surface area contributed by atoms with E-state index in [2.05, 4.69) is 37.9 Å². The van der Waals surface area contributed by atoms with Gasteiger partial charge >= 0.3 is 0 Å². The summed E-state index contributed by atoms with van der Waals surface area (Å²) in [5, 5.41) is 3.30. The first-order valence-corrected chi connectivity index (χ1v) is 7.49. The van der Waals surface area contributed by atoms with Crippen molar-refractivity contribution in [2.75, 3.05) is 19.5 Å². The molecule has 3 rings (SSSR count). The first kappa shape index (κ1) is 15.8. The van der Waals surface area contributed by atoms with Gasteiger partial charge in [0.15, 0.2) is 23.0 Å². The lowest BCUT2D eigenvalue weighted by atomic mass is 10.1. The number of imidazole rings is 1. The van der Waals surface area contributed by atoms with Gasteiger partial charge in [-0.3, -0.25) is 0 Å². The third kappa shape index (κ3) is 3.01. The predicted octanol–water partition coefficient (Wildman–Crippen LogP) is 2.71. The second-order valence-corrected chi connectivity index (χ2v) is 5.16. The summed E-state index contributed by atoms with van der Waals surface area (Å²) in [6.45, 7) is 4.38. The van der Waals surface area contributed by atoms with Gasteiger partial charge < -0.3 is 19.8 Å². The Morgan fingerprint density at radius 2 is 2.08 bits per heavy atom. The van der Waals surface area contributed by atoms with Gasteiger partial charge in [0.25, 0.3) is 0 Å². The lowest BCUT2D eigenvalue weighted by Gasteiger charge is -2.15. The molecule has 2 heterocycles. The number of methoxy groups -OCH3 is 2. The van der Waals surface area contributed by atoms with E-state index in [1.165, 1.54) is 6.33 Å². The van der Waals surface area contributed by atoms with E-state index in [0.29, 0.717) is 30.2 Å². The minimum atomic E-state index is 0.579. The first-order chi connectivity index (χ1) is 11.8. The zero-order chi connectivity index (χ0) is 16.9. The van der Waals surface area contributed by atoms with Crippen LogP contribution in [0.25, 0.3) is 11.2 Å². The van der Waals surface area contributed by atoms with Gasteiger partial charge in [-0.1, -0.05) is 6.08 Å². The molecule has 7 nitrogen and oxygen atoms in total. The minimum absolute atomic E-state index is 0.579. The fourth-order valence-electron chi connectivity index (χ4n) is 2.60. The van der Waals surface area contributed by atoms with Crippen LogP contribution >= 0.6 is 0 Å². The van der Waals surface area contributed by atoms with Crippen LogP contribution in [0, 0.1) is 0 Å². The number of nitrogens with one attached hydrogen (secondary N) is 2. The van der Waals surface area contributed by atoms with Crippen LogP contribution in [-0.2, 0) is 13.0 Å². The van der Waals surface area contributed by atoms with Crippen LogP contribution in [0.1, 0.15) is 11.1 Å². The second-order valence-electron chi connectivity index (χ2n) is 5.16. The van der Waals surface area contributed by atoms with Crippen LogP contribution in [0.4, 0.5) is 5.82 Å². The lowest BCUT2D eigenvalue weighted by Crippen LogP contribution is -2.05. The number of aromatic nitrogens is 4. The van der Waals surface area contributed by atoms with Gasteiger partial charge in [-0.2, -0.15) is 0 Å². The van der Waals surface area contributed by atoms with Gasteiger partial charge in [0.2, 0.25) is 0 Å². The summed E-state index contributed by atoms with van der Waals surface area (Å²) < 4.78 is 10.9. The molecule has 24 heavy (non-hydrogen) atoms. The number of H-pyrrole nitrogens is 1. The summed E-state index contributed by atoms with van der Waals surface area (Å²) in [5.41, 5.74) is 3.49. The number of ether oxygens (including phenoxy) is 2. The number of hydrogen-bond donors (Lipinski definition) is 2. The molecule has 0 atom stereocenters. The van der Waals surface area contributed by atoms with Crippen LogP contribution in [0.15, 0.2) is 37.4 Å². The smallest absolute Gasteiger partial charge is 0.182 e. The van der Waals surface area contributed by atoms with Crippen LogP contribution in [-0.4, -0.2) is 34.2 Å². The average Bonchev–Trinajstić information content (AvgIpc) is 3.09. The van der Waals surface area contributed by atoms with Crippen molar-refractivity contribution in [2.45, 2.75) is 13.0 Å². The molecule has 0 fully saturated rings. The molecule has 3 aromatic rings.